The fourth-order valence-corrected chi connectivity index (χ4v) is 3.45. The monoisotopic (exact) mass is 348 g/mol. The molecule has 2 rings (SSSR count). The summed E-state index contributed by atoms with van der Waals surface area (Å²) in [5.41, 5.74) is 1.84. The first kappa shape index (κ1) is 18.5. The van der Waals surface area contributed by atoms with E-state index in [1.165, 1.54) is 11.8 Å². The van der Waals surface area contributed by atoms with E-state index in [4.69, 9.17) is 4.74 Å². The molecule has 130 valence electrons. The van der Waals surface area contributed by atoms with E-state index in [2.05, 4.69) is 9.55 Å². The molecule has 0 aliphatic heterocycles. The van der Waals surface area contributed by atoms with Gasteiger partial charge in [0.1, 0.15) is 5.78 Å². The average Bonchev–Trinajstić information content (AvgIpc) is 2.88. The molecule has 24 heavy (non-hydrogen) atoms. The topological polar surface area (TPSA) is 61.2 Å². The summed E-state index contributed by atoms with van der Waals surface area (Å²) in [6.45, 7) is 10.7. The van der Waals surface area contributed by atoms with Crippen LogP contribution in [0.5, 0.6) is 0 Å². The molecule has 5 nitrogen and oxygen atoms in total. The Labute approximate surface area is 146 Å². The van der Waals surface area contributed by atoms with E-state index in [1.54, 1.807) is 19.1 Å². The molecule has 0 spiro atoms. The molecule has 0 aliphatic carbocycles. The van der Waals surface area contributed by atoms with Crippen LogP contribution in [0.4, 0.5) is 0 Å². The van der Waals surface area contributed by atoms with Crippen molar-refractivity contribution >= 4 is 34.5 Å². The molecule has 0 unspecified atom stereocenters. The van der Waals surface area contributed by atoms with E-state index in [0.29, 0.717) is 17.9 Å². The first-order valence-electron chi connectivity index (χ1n) is 8.11. The van der Waals surface area contributed by atoms with Gasteiger partial charge in [0.15, 0.2) is 5.16 Å². The van der Waals surface area contributed by atoms with Crippen molar-refractivity contribution < 1.29 is 14.3 Å². The van der Waals surface area contributed by atoms with Gasteiger partial charge in [0.25, 0.3) is 0 Å². The molecule has 0 bridgehead atoms. The fourth-order valence-electron chi connectivity index (χ4n) is 2.21. The van der Waals surface area contributed by atoms with E-state index in [9.17, 15) is 9.59 Å². The standard InChI is InChI=1S/C18H24N2O3S/c1-6-20-14-9-8-12(16(22)23-7-2)10-13(14)19-17(20)24-11-15(21)18(3,4)5/h8-10H,6-7,11H2,1-5H3. The Morgan fingerprint density at radius 1 is 1.25 bits per heavy atom. The van der Waals surface area contributed by atoms with Gasteiger partial charge in [0.2, 0.25) is 0 Å². The molecule has 0 fully saturated rings. The van der Waals surface area contributed by atoms with Gasteiger partial charge in [0, 0.05) is 12.0 Å². The lowest BCUT2D eigenvalue weighted by Crippen LogP contribution is -2.22. The first-order valence-corrected chi connectivity index (χ1v) is 9.10. The maximum Gasteiger partial charge on any atom is 0.338 e. The van der Waals surface area contributed by atoms with Crippen LogP contribution in [0.15, 0.2) is 23.4 Å². The number of carbonyl (C=O) groups is 2. The number of hydrogen-bond acceptors (Lipinski definition) is 5. The number of Topliss-reactive ketones (excluding diaryl/α,β-unsaturated/α-hetero) is 1. The minimum absolute atomic E-state index is 0.189. The van der Waals surface area contributed by atoms with Crippen molar-refractivity contribution in [2.75, 3.05) is 12.4 Å². The predicted molar refractivity (Wildman–Crippen MR) is 96.5 cm³/mol. The lowest BCUT2D eigenvalue weighted by Gasteiger charge is -2.15. The van der Waals surface area contributed by atoms with Crippen molar-refractivity contribution in [1.29, 1.82) is 0 Å². The number of benzene rings is 1. The summed E-state index contributed by atoms with van der Waals surface area (Å²) < 4.78 is 7.09. The van der Waals surface area contributed by atoms with Crippen LogP contribution in [0.1, 0.15) is 45.0 Å². The molecule has 0 radical (unpaired) electrons. The largest absolute Gasteiger partial charge is 0.462 e. The lowest BCUT2D eigenvalue weighted by atomic mass is 9.92. The highest BCUT2D eigenvalue weighted by molar-refractivity contribution is 7.99. The van der Waals surface area contributed by atoms with Crippen molar-refractivity contribution in [1.82, 2.24) is 9.55 Å². The number of imidazole rings is 1. The highest BCUT2D eigenvalue weighted by Crippen LogP contribution is 2.27. The molecule has 0 saturated heterocycles. The number of ether oxygens (including phenoxy) is 1. The van der Waals surface area contributed by atoms with Crippen LogP contribution in [0.2, 0.25) is 0 Å². The minimum Gasteiger partial charge on any atom is -0.462 e. The molecule has 0 amide bonds. The van der Waals surface area contributed by atoms with Gasteiger partial charge in [-0.2, -0.15) is 0 Å². The van der Waals surface area contributed by atoms with Crippen molar-refractivity contribution in [3.8, 4) is 0 Å². The maximum absolute atomic E-state index is 12.1. The minimum atomic E-state index is -0.354. The number of hydrogen-bond donors (Lipinski definition) is 0. The van der Waals surface area contributed by atoms with E-state index in [1.807, 2.05) is 33.8 Å². The number of nitrogens with zero attached hydrogens (tertiary/aromatic N) is 2. The number of aryl methyl sites for hydroxylation is 1. The van der Waals surface area contributed by atoms with Crippen LogP contribution in [-0.4, -0.2) is 33.7 Å². The summed E-state index contributed by atoms with van der Waals surface area (Å²) in [5.74, 6) is 0.231. The highest BCUT2D eigenvalue weighted by Gasteiger charge is 2.22. The molecule has 0 N–H and O–H groups in total. The number of esters is 1. The van der Waals surface area contributed by atoms with Gasteiger partial charge in [-0.05, 0) is 32.0 Å². The van der Waals surface area contributed by atoms with Crippen LogP contribution in [-0.2, 0) is 16.1 Å². The van der Waals surface area contributed by atoms with Crippen molar-refractivity contribution in [3.63, 3.8) is 0 Å². The lowest BCUT2D eigenvalue weighted by molar-refractivity contribution is -0.123. The second-order valence-corrected chi connectivity index (χ2v) is 7.47. The van der Waals surface area contributed by atoms with Crippen molar-refractivity contribution in [3.05, 3.63) is 23.8 Å². The Morgan fingerprint density at radius 3 is 2.54 bits per heavy atom. The molecule has 0 atom stereocenters. The Kier molecular flexibility index (Phi) is 5.70. The summed E-state index contributed by atoms with van der Waals surface area (Å²) in [4.78, 5) is 28.6. The van der Waals surface area contributed by atoms with Crippen LogP contribution in [0.25, 0.3) is 11.0 Å². The normalized spacial score (nSPS) is 11.7. The van der Waals surface area contributed by atoms with Crippen molar-refractivity contribution in [2.45, 2.75) is 46.3 Å². The molecule has 0 saturated carbocycles. The van der Waals surface area contributed by atoms with E-state index < -0.39 is 0 Å². The Morgan fingerprint density at radius 2 is 1.96 bits per heavy atom. The summed E-state index contributed by atoms with van der Waals surface area (Å²) >= 11 is 1.44. The summed E-state index contributed by atoms with van der Waals surface area (Å²) in [6, 6.07) is 5.38. The zero-order valence-corrected chi connectivity index (χ0v) is 15.7. The first-order chi connectivity index (χ1) is 11.3. The second kappa shape index (κ2) is 7.38. The number of thioether (sulfide) groups is 1. The third-order valence-corrected chi connectivity index (χ3v) is 4.69. The van der Waals surface area contributed by atoms with Gasteiger partial charge in [-0.1, -0.05) is 32.5 Å². The van der Waals surface area contributed by atoms with Gasteiger partial charge in [-0.25, -0.2) is 9.78 Å². The Balaban J connectivity index is 2.30. The average molecular weight is 348 g/mol. The third-order valence-electron chi connectivity index (χ3n) is 3.71. The highest BCUT2D eigenvalue weighted by atomic mass is 32.2. The fraction of sp³-hybridized carbons (Fsp3) is 0.500. The number of aromatic nitrogens is 2. The van der Waals surface area contributed by atoms with Gasteiger partial charge in [-0.3, -0.25) is 4.79 Å². The molecule has 1 aromatic carbocycles. The van der Waals surface area contributed by atoms with Gasteiger partial charge in [0.05, 0.1) is 29.0 Å². The van der Waals surface area contributed by atoms with Gasteiger partial charge >= 0.3 is 5.97 Å². The summed E-state index contributed by atoms with van der Waals surface area (Å²) in [7, 11) is 0. The molecule has 1 heterocycles. The van der Waals surface area contributed by atoms with E-state index in [0.717, 1.165) is 22.7 Å². The number of carbonyl (C=O) groups excluding carboxylic acids is 2. The quantitative estimate of drug-likeness (QED) is 0.584. The summed E-state index contributed by atoms with van der Waals surface area (Å²) in [6.07, 6.45) is 0. The molecule has 6 heteroatoms. The van der Waals surface area contributed by atoms with Gasteiger partial charge in [-0.15, -0.1) is 0 Å². The van der Waals surface area contributed by atoms with Crippen LogP contribution in [0, 0.1) is 5.41 Å². The Hall–Kier alpha value is -1.82. The van der Waals surface area contributed by atoms with Crippen LogP contribution < -0.4 is 0 Å². The van der Waals surface area contributed by atoms with Gasteiger partial charge < -0.3 is 9.30 Å². The van der Waals surface area contributed by atoms with Crippen LogP contribution in [0.3, 0.4) is 0 Å². The maximum atomic E-state index is 12.1. The van der Waals surface area contributed by atoms with E-state index >= 15 is 0 Å². The Bertz CT molecular complexity index is 759. The summed E-state index contributed by atoms with van der Waals surface area (Å²) in [5, 5.41) is 0.797. The zero-order valence-electron chi connectivity index (χ0n) is 14.9. The predicted octanol–water partition coefficient (Wildman–Crippen LogP) is 3.94. The second-order valence-electron chi connectivity index (χ2n) is 6.52. The molecular weight excluding hydrogens is 324 g/mol. The third kappa shape index (κ3) is 3.98. The molecule has 2 aromatic rings. The number of rotatable bonds is 6. The van der Waals surface area contributed by atoms with Crippen molar-refractivity contribution in [2.24, 2.45) is 5.41 Å². The smallest absolute Gasteiger partial charge is 0.338 e. The molecular formula is C18H24N2O3S. The zero-order chi connectivity index (χ0) is 17.9. The molecule has 0 aliphatic rings. The SMILES string of the molecule is CCOC(=O)c1ccc2c(c1)nc(SCC(=O)C(C)(C)C)n2CC. The van der Waals surface area contributed by atoms with Crippen LogP contribution >= 0.6 is 11.8 Å². The van der Waals surface area contributed by atoms with E-state index in [-0.39, 0.29) is 17.2 Å². The number of fused-ring (bicyclic) bond motifs is 1. The molecule has 1 aromatic heterocycles. The number of ketones is 1.